The van der Waals surface area contributed by atoms with Crippen LogP contribution in [0.3, 0.4) is 0 Å². The molecule has 0 saturated carbocycles. The van der Waals surface area contributed by atoms with E-state index in [1.54, 1.807) is 11.3 Å². The molecular formula is C16H20ClFN2OS. The summed E-state index contributed by atoms with van der Waals surface area (Å²) < 4.78 is 13.9. The van der Waals surface area contributed by atoms with E-state index in [1.807, 2.05) is 29.6 Å². The highest BCUT2D eigenvalue weighted by molar-refractivity contribution is 7.13. The molecule has 1 aromatic carbocycles. The topological polar surface area (TPSA) is 44.3 Å². The molecule has 22 heavy (non-hydrogen) atoms. The Kier molecular flexibility index (Phi) is 6.35. The van der Waals surface area contributed by atoms with E-state index in [2.05, 4.69) is 10.6 Å². The van der Waals surface area contributed by atoms with Gasteiger partial charge in [0.1, 0.15) is 5.82 Å². The van der Waals surface area contributed by atoms with Crippen LogP contribution in [-0.4, -0.2) is 30.8 Å². The van der Waals surface area contributed by atoms with E-state index in [-0.39, 0.29) is 30.2 Å². The maximum atomic E-state index is 13.9. The Hall–Kier alpha value is -0.980. The average molecular weight is 343 g/mol. The van der Waals surface area contributed by atoms with Gasteiger partial charge in [-0.15, -0.1) is 23.7 Å². The van der Waals surface area contributed by atoms with Gasteiger partial charge in [0.15, 0.2) is 0 Å². The Labute approximate surface area is 140 Å². The van der Waals surface area contributed by atoms with Gasteiger partial charge < -0.3 is 15.7 Å². The number of thiophene rings is 1. The molecule has 2 unspecified atom stereocenters. The number of hydrogen-bond acceptors (Lipinski definition) is 4. The van der Waals surface area contributed by atoms with Crippen LogP contribution in [-0.2, 0) is 6.54 Å². The van der Waals surface area contributed by atoms with Crippen LogP contribution in [0.2, 0.25) is 0 Å². The van der Waals surface area contributed by atoms with Crippen LogP contribution in [0.1, 0.15) is 5.56 Å². The predicted octanol–water partition coefficient (Wildman–Crippen LogP) is 2.65. The number of rotatable bonds is 5. The summed E-state index contributed by atoms with van der Waals surface area (Å²) in [5.41, 5.74) is 1.71. The van der Waals surface area contributed by atoms with Gasteiger partial charge in [-0.25, -0.2) is 4.39 Å². The van der Waals surface area contributed by atoms with Crippen LogP contribution in [0, 0.1) is 11.7 Å². The Morgan fingerprint density at radius 1 is 1.32 bits per heavy atom. The molecular weight excluding hydrogens is 323 g/mol. The molecule has 2 atom stereocenters. The van der Waals surface area contributed by atoms with Gasteiger partial charge in [0.25, 0.3) is 0 Å². The lowest BCUT2D eigenvalue weighted by atomic mass is 10.1. The molecule has 0 spiro atoms. The fourth-order valence-corrected chi connectivity index (χ4v) is 3.38. The summed E-state index contributed by atoms with van der Waals surface area (Å²) in [6.07, 6.45) is -0.271. The maximum absolute atomic E-state index is 13.9. The van der Waals surface area contributed by atoms with Crippen molar-refractivity contribution in [1.29, 1.82) is 0 Å². The molecule has 0 aliphatic carbocycles. The van der Waals surface area contributed by atoms with Crippen molar-refractivity contribution in [1.82, 2.24) is 10.6 Å². The number of nitrogens with one attached hydrogen (secondary N) is 2. The highest BCUT2D eigenvalue weighted by Gasteiger charge is 2.24. The third-order valence-corrected chi connectivity index (χ3v) is 4.76. The van der Waals surface area contributed by atoms with E-state index in [0.717, 1.165) is 23.5 Å². The zero-order chi connectivity index (χ0) is 14.7. The summed E-state index contributed by atoms with van der Waals surface area (Å²) >= 11 is 1.54. The molecule has 3 N–H and O–H groups in total. The molecule has 1 fully saturated rings. The molecule has 2 heterocycles. The van der Waals surface area contributed by atoms with E-state index in [9.17, 15) is 9.50 Å². The fraction of sp³-hybridized carbons (Fsp3) is 0.375. The van der Waals surface area contributed by atoms with Crippen molar-refractivity contribution in [3.8, 4) is 10.4 Å². The fourth-order valence-electron chi connectivity index (χ4n) is 2.63. The molecule has 0 bridgehead atoms. The number of β-amino-alcohol motifs (C(OH)–C–C–N with tert-alkyl or cyclic N) is 1. The van der Waals surface area contributed by atoms with E-state index < -0.39 is 0 Å². The monoisotopic (exact) mass is 342 g/mol. The first-order valence-electron chi connectivity index (χ1n) is 7.16. The van der Waals surface area contributed by atoms with Crippen LogP contribution in [0.15, 0.2) is 35.7 Å². The van der Waals surface area contributed by atoms with E-state index in [0.29, 0.717) is 18.7 Å². The Morgan fingerprint density at radius 2 is 2.18 bits per heavy atom. The van der Waals surface area contributed by atoms with Gasteiger partial charge in [-0.05, 0) is 29.1 Å². The van der Waals surface area contributed by atoms with Crippen molar-refractivity contribution in [2.75, 3.05) is 19.6 Å². The Bertz CT molecular complexity index is 594. The first-order valence-corrected chi connectivity index (χ1v) is 8.04. The minimum atomic E-state index is -0.271. The SMILES string of the molecule is Cl.OC1CNCC1CNCc1ccc(F)c(-c2cccs2)c1. The molecule has 120 valence electrons. The van der Waals surface area contributed by atoms with Gasteiger partial charge >= 0.3 is 0 Å². The van der Waals surface area contributed by atoms with Crippen LogP contribution in [0.5, 0.6) is 0 Å². The molecule has 1 aliphatic heterocycles. The molecule has 6 heteroatoms. The lowest BCUT2D eigenvalue weighted by Crippen LogP contribution is -2.30. The van der Waals surface area contributed by atoms with Crippen molar-refractivity contribution in [3.63, 3.8) is 0 Å². The second-order valence-corrected chi connectivity index (χ2v) is 6.36. The summed E-state index contributed by atoms with van der Waals surface area (Å²) in [5.74, 6) is 0.0684. The lowest BCUT2D eigenvalue weighted by Gasteiger charge is -2.14. The molecule has 3 rings (SSSR count). The molecule has 2 aromatic rings. The summed E-state index contributed by atoms with van der Waals surface area (Å²) in [7, 11) is 0. The van der Waals surface area contributed by atoms with E-state index >= 15 is 0 Å². The number of aliphatic hydroxyl groups is 1. The second kappa shape index (κ2) is 8.04. The van der Waals surface area contributed by atoms with Crippen LogP contribution in [0.4, 0.5) is 4.39 Å². The van der Waals surface area contributed by atoms with Crippen LogP contribution in [0.25, 0.3) is 10.4 Å². The van der Waals surface area contributed by atoms with E-state index in [4.69, 9.17) is 0 Å². The van der Waals surface area contributed by atoms with Crippen molar-refractivity contribution in [2.45, 2.75) is 12.6 Å². The highest BCUT2D eigenvalue weighted by atomic mass is 35.5. The summed E-state index contributed by atoms with van der Waals surface area (Å²) in [5, 5.41) is 18.2. The first-order chi connectivity index (χ1) is 10.2. The molecule has 3 nitrogen and oxygen atoms in total. The minimum Gasteiger partial charge on any atom is -0.391 e. The largest absolute Gasteiger partial charge is 0.391 e. The Balaban J connectivity index is 0.00000176. The second-order valence-electron chi connectivity index (χ2n) is 5.41. The van der Waals surface area contributed by atoms with Crippen molar-refractivity contribution >= 4 is 23.7 Å². The van der Waals surface area contributed by atoms with Gasteiger partial charge in [-0.2, -0.15) is 0 Å². The molecule has 0 amide bonds. The number of hydrogen-bond donors (Lipinski definition) is 3. The predicted molar refractivity (Wildman–Crippen MR) is 91.0 cm³/mol. The Morgan fingerprint density at radius 3 is 2.86 bits per heavy atom. The zero-order valence-corrected chi connectivity index (χ0v) is 13.7. The third kappa shape index (κ3) is 4.06. The van der Waals surface area contributed by atoms with Gasteiger partial charge in [-0.1, -0.05) is 12.1 Å². The van der Waals surface area contributed by atoms with Gasteiger partial charge in [0, 0.05) is 42.5 Å². The summed E-state index contributed by atoms with van der Waals surface area (Å²) in [6.45, 7) is 2.96. The highest BCUT2D eigenvalue weighted by Crippen LogP contribution is 2.28. The summed E-state index contributed by atoms with van der Waals surface area (Å²) in [6, 6.07) is 9.10. The molecule has 1 aliphatic rings. The quantitative estimate of drug-likeness (QED) is 0.782. The maximum Gasteiger partial charge on any atom is 0.131 e. The van der Waals surface area contributed by atoms with Crippen LogP contribution >= 0.6 is 23.7 Å². The molecule has 1 aromatic heterocycles. The normalized spacial score (nSPS) is 20.8. The van der Waals surface area contributed by atoms with Gasteiger partial charge in [0.05, 0.1) is 6.10 Å². The third-order valence-electron chi connectivity index (χ3n) is 3.86. The van der Waals surface area contributed by atoms with Crippen molar-refractivity contribution in [2.24, 2.45) is 5.92 Å². The van der Waals surface area contributed by atoms with Crippen molar-refractivity contribution < 1.29 is 9.50 Å². The van der Waals surface area contributed by atoms with Crippen LogP contribution < -0.4 is 10.6 Å². The van der Waals surface area contributed by atoms with Gasteiger partial charge in [-0.3, -0.25) is 0 Å². The van der Waals surface area contributed by atoms with Gasteiger partial charge in [0.2, 0.25) is 0 Å². The van der Waals surface area contributed by atoms with E-state index in [1.165, 1.54) is 6.07 Å². The zero-order valence-electron chi connectivity index (χ0n) is 12.1. The molecule has 0 radical (unpaired) electrons. The first kappa shape index (κ1) is 17.4. The minimum absolute atomic E-state index is 0. The smallest absolute Gasteiger partial charge is 0.131 e. The lowest BCUT2D eigenvalue weighted by molar-refractivity contribution is 0.146. The number of benzene rings is 1. The molecule has 1 saturated heterocycles. The number of halogens is 2. The average Bonchev–Trinajstić information content (AvgIpc) is 3.13. The standard InChI is InChI=1S/C16H19FN2OS.ClH/c17-14-4-3-11(6-13(14)16-2-1-5-21-16)7-18-8-12-9-19-10-15(12)20;/h1-6,12,15,18-20H,7-10H2;1H. The van der Waals surface area contributed by atoms with Crippen molar-refractivity contribution in [3.05, 3.63) is 47.1 Å². The number of aliphatic hydroxyl groups excluding tert-OH is 1. The summed E-state index contributed by atoms with van der Waals surface area (Å²) in [4.78, 5) is 0.949.